The van der Waals surface area contributed by atoms with Gasteiger partial charge < -0.3 is 19.7 Å². The molecule has 9 nitrogen and oxygen atoms in total. The molecule has 0 aromatic heterocycles. The Bertz CT molecular complexity index is 1450. The zero-order chi connectivity index (χ0) is 31.4. The Morgan fingerprint density at radius 1 is 0.907 bits per heavy atom. The monoisotopic (exact) mass is 609 g/mol. The van der Waals surface area contributed by atoms with Gasteiger partial charge in [-0.1, -0.05) is 61.5 Å². The highest BCUT2D eigenvalue weighted by Gasteiger charge is 2.31. The molecule has 0 saturated heterocycles. The number of carbonyl (C=O) groups excluding carboxylic acids is 2. The summed E-state index contributed by atoms with van der Waals surface area (Å²) < 4.78 is 37.5. The molecule has 0 unspecified atom stereocenters. The second kappa shape index (κ2) is 16.0. The molecule has 43 heavy (non-hydrogen) atoms. The topological polar surface area (TPSA) is 105 Å². The van der Waals surface area contributed by atoms with Crippen LogP contribution in [-0.2, 0) is 32.6 Å². The predicted molar refractivity (Wildman–Crippen MR) is 170 cm³/mol. The fourth-order valence-corrected chi connectivity index (χ4v) is 5.75. The lowest BCUT2D eigenvalue weighted by atomic mass is 10.0. The lowest BCUT2D eigenvalue weighted by Crippen LogP contribution is -2.52. The number of nitrogens with one attached hydrogen (secondary N) is 1. The highest BCUT2D eigenvalue weighted by atomic mass is 32.2. The summed E-state index contributed by atoms with van der Waals surface area (Å²) in [5.41, 5.74) is 2.15. The number of anilines is 1. The van der Waals surface area contributed by atoms with E-state index < -0.39 is 16.1 Å². The summed E-state index contributed by atoms with van der Waals surface area (Å²) in [6.07, 6.45) is 2.48. The van der Waals surface area contributed by atoms with Gasteiger partial charge in [0.15, 0.2) is 0 Å². The van der Waals surface area contributed by atoms with Crippen LogP contribution in [0.2, 0.25) is 0 Å². The van der Waals surface area contributed by atoms with Crippen molar-refractivity contribution in [3.8, 4) is 11.5 Å². The first-order chi connectivity index (χ1) is 20.6. The molecule has 0 aliphatic heterocycles. The van der Waals surface area contributed by atoms with Crippen molar-refractivity contribution in [3.05, 3.63) is 90.0 Å². The number of rotatable bonds is 16. The van der Waals surface area contributed by atoms with Gasteiger partial charge in [0.25, 0.3) is 0 Å². The number of para-hydroxylation sites is 2. The first-order valence-corrected chi connectivity index (χ1v) is 16.3. The number of ether oxygens (including phenoxy) is 2. The third kappa shape index (κ3) is 9.74. The van der Waals surface area contributed by atoms with E-state index in [1.807, 2.05) is 68.4 Å². The fourth-order valence-electron chi connectivity index (χ4n) is 4.78. The summed E-state index contributed by atoms with van der Waals surface area (Å²) in [4.78, 5) is 29.3. The van der Waals surface area contributed by atoms with E-state index in [9.17, 15) is 18.0 Å². The van der Waals surface area contributed by atoms with Gasteiger partial charge in [0.1, 0.15) is 17.5 Å². The number of amides is 2. The average molecular weight is 610 g/mol. The van der Waals surface area contributed by atoms with Crippen LogP contribution in [0.5, 0.6) is 11.5 Å². The van der Waals surface area contributed by atoms with E-state index in [0.717, 1.165) is 23.8 Å². The third-order valence-electron chi connectivity index (χ3n) is 7.27. The number of carbonyl (C=O) groups is 2. The second-order valence-corrected chi connectivity index (χ2v) is 12.4. The molecule has 0 aliphatic carbocycles. The lowest BCUT2D eigenvalue weighted by Gasteiger charge is -2.33. The summed E-state index contributed by atoms with van der Waals surface area (Å²) in [6, 6.07) is 23.0. The molecule has 0 fully saturated rings. The van der Waals surface area contributed by atoms with E-state index in [1.165, 1.54) is 11.4 Å². The van der Waals surface area contributed by atoms with Crippen LogP contribution in [0.3, 0.4) is 0 Å². The first-order valence-electron chi connectivity index (χ1n) is 14.4. The lowest BCUT2D eigenvalue weighted by molar-refractivity contribution is -0.141. The van der Waals surface area contributed by atoms with Crippen LogP contribution in [0, 0.1) is 0 Å². The van der Waals surface area contributed by atoms with E-state index >= 15 is 0 Å². The Balaban J connectivity index is 1.92. The molecule has 10 heteroatoms. The average Bonchev–Trinajstić information content (AvgIpc) is 3.00. The first kappa shape index (κ1) is 33.5. The molecule has 3 aromatic carbocycles. The number of benzene rings is 3. The normalized spacial score (nSPS) is 12.6. The van der Waals surface area contributed by atoms with E-state index in [0.29, 0.717) is 23.6 Å². The molecule has 0 saturated carbocycles. The van der Waals surface area contributed by atoms with Crippen LogP contribution in [0.4, 0.5) is 5.69 Å². The summed E-state index contributed by atoms with van der Waals surface area (Å²) in [7, 11) is -0.600. The van der Waals surface area contributed by atoms with Crippen molar-refractivity contribution in [3.63, 3.8) is 0 Å². The molecule has 2 atom stereocenters. The van der Waals surface area contributed by atoms with Crippen LogP contribution in [0.15, 0.2) is 78.9 Å². The number of hydrogen-bond donors (Lipinski definition) is 1. The minimum absolute atomic E-state index is 0.0348. The van der Waals surface area contributed by atoms with Crippen molar-refractivity contribution < 1.29 is 27.5 Å². The van der Waals surface area contributed by atoms with Crippen LogP contribution in [-0.4, -0.2) is 64.2 Å². The number of sulfonamides is 1. The second-order valence-electron chi connectivity index (χ2n) is 10.5. The molecule has 2 amide bonds. The van der Waals surface area contributed by atoms with Crippen molar-refractivity contribution in [2.45, 2.75) is 58.2 Å². The number of hydrogen-bond acceptors (Lipinski definition) is 6. The zero-order valence-corrected chi connectivity index (χ0v) is 26.5. The number of methoxy groups -OCH3 is 2. The van der Waals surface area contributed by atoms with E-state index in [1.54, 1.807) is 36.3 Å². The van der Waals surface area contributed by atoms with Crippen molar-refractivity contribution >= 4 is 27.5 Å². The summed E-state index contributed by atoms with van der Waals surface area (Å²) >= 11 is 0. The molecule has 1 N–H and O–H groups in total. The number of nitrogens with zero attached hydrogens (tertiary/aromatic N) is 2. The molecular formula is C33H43N3O6S. The van der Waals surface area contributed by atoms with Gasteiger partial charge in [-0.15, -0.1) is 0 Å². The predicted octanol–water partition coefficient (Wildman–Crippen LogP) is 4.80. The van der Waals surface area contributed by atoms with Gasteiger partial charge in [-0.2, -0.15) is 0 Å². The van der Waals surface area contributed by atoms with Gasteiger partial charge in [-0.3, -0.25) is 13.9 Å². The molecular weight excluding hydrogens is 566 g/mol. The van der Waals surface area contributed by atoms with Crippen LogP contribution in [0.1, 0.15) is 44.2 Å². The van der Waals surface area contributed by atoms with Gasteiger partial charge in [0, 0.05) is 32.0 Å². The maximum Gasteiger partial charge on any atom is 0.243 e. The van der Waals surface area contributed by atoms with E-state index in [4.69, 9.17) is 9.47 Å². The third-order valence-corrected chi connectivity index (χ3v) is 8.45. The van der Waals surface area contributed by atoms with Gasteiger partial charge in [0.2, 0.25) is 21.8 Å². The molecule has 232 valence electrons. The molecule has 0 aliphatic rings. The SMILES string of the molecule is CC[C@H](C)NC(=O)[C@@H](Cc1ccccc1)N(Cc1cccc(OC)c1)C(=O)CCCN(c1ccccc1OC)S(C)(=O)=O. The Morgan fingerprint density at radius 2 is 1.58 bits per heavy atom. The highest BCUT2D eigenvalue weighted by molar-refractivity contribution is 7.92. The molecule has 0 spiro atoms. The van der Waals surface area contributed by atoms with E-state index in [-0.39, 0.29) is 43.8 Å². The summed E-state index contributed by atoms with van der Waals surface area (Å²) in [5.74, 6) is 0.579. The largest absolute Gasteiger partial charge is 0.497 e. The van der Waals surface area contributed by atoms with Crippen molar-refractivity contribution in [2.24, 2.45) is 0 Å². The maximum absolute atomic E-state index is 14.0. The van der Waals surface area contributed by atoms with Gasteiger partial charge in [-0.05, 0) is 55.2 Å². The summed E-state index contributed by atoms with van der Waals surface area (Å²) in [5, 5.41) is 3.06. The minimum Gasteiger partial charge on any atom is -0.497 e. The molecule has 0 heterocycles. The van der Waals surface area contributed by atoms with Crippen LogP contribution >= 0.6 is 0 Å². The standard InChI is InChI=1S/C33H43N3O6S/c1-6-25(2)34-33(38)30(23-26-14-8-7-9-15-26)35(24-27-16-12-17-28(22-27)41-3)32(37)20-13-21-36(43(5,39)40)29-18-10-11-19-31(29)42-4/h7-12,14-19,22,25,30H,6,13,20-21,23-24H2,1-5H3,(H,34,38)/t25-,30+/m0/s1. The van der Waals surface area contributed by atoms with Gasteiger partial charge in [0.05, 0.1) is 26.2 Å². The Labute approximate surface area is 255 Å². The highest BCUT2D eigenvalue weighted by Crippen LogP contribution is 2.30. The van der Waals surface area contributed by atoms with Crippen molar-refractivity contribution in [2.75, 3.05) is 31.3 Å². The quantitative estimate of drug-likeness (QED) is 0.250. The van der Waals surface area contributed by atoms with Crippen molar-refractivity contribution in [1.29, 1.82) is 0 Å². The van der Waals surface area contributed by atoms with Gasteiger partial charge >= 0.3 is 0 Å². The Morgan fingerprint density at radius 3 is 2.23 bits per heavy atom. The molecule has 0 bridgehead atoms. The fraction of sp³-hybridized carbons (Fsp3) is 0.394. The van der Waals surface area contributed by atoms with Gasteiger partial charge in [-0.25, -0.2) is 8.42 Å². The molecule has 3 aromatic rings. The Kier molecular flexibility index (Phi) is 12.4. The smallest absolute Gasteiger partial charge is 0.243 e. The van der Waals surface area contributed by atoms with E-state index in [2.05, 4.69) is 5.32 Å². The van der Waals surface area contributed by atoms with Crippen LogP contribution < -0.4 is 19.1 Å². The van der Waals surface area contributed by atoms with Crippen molar-refractivity contribution in [1.82, 2.24) is 10.2 Å². The summed E-state index contributed by atoms with van der Waals surface area (Å²) in [6.45, 7) is 4.18. The van der Waals surface area contributed by atoms with Crippen LogP contribution in [0.25, 0.3) is 0 Å². The minimum atomic E-state index is -3.66. The maximum atomic E-state index is 14.0. The Hall–Kier alpha value is -4.05. The molecule has 3 rings (SSSR count). The molecule has 0 radical (unpaired) electrons. The zero-order valence-electron chi connectivity index (χ0n) is 25.7.